The summed E-state index contributed by atoms with van der Waals surface area (Å²) >= 11 is 0. The molecular weight excluding hydrogens is 194 g/mol. The van der Waals surface area contributed by atoms with Gasteiger partial charge in [0, 0.05) is 17.1 Å². The first-order valence-electron chi connectivity index (χ1n) is 4.45. The molecule has 0 aliphatic carbocycles. The molecule has 0 fully saturated rings. The van der Waals surface area contributed by atoms with Gasteiger partial charge in [-0.15, -0.1) is 0 Å². The van der Waals surface area contributed by atoms with E-state index in [0.717, 1.165) is 11.1 Å². The van der Waals surface area contributed by atoms with Crippen LogP contribution in [0.4, 0.5) is 0 Å². The zero-order chi connectivity index (χ0) is 11.0. The lowest BCUT2D eigenvalue weighted by atomic mass is 10.1. The summed E-state index contributed by atoms with van der Waals surface area (Å²) in [5.41, 5.74) is 2.04. The number of carbonyl (C=O) groups is 2. The number of fused-ring (bicyclic) bond motifs is 1. The van der Waals surface area contributed by atoms with Crippen LogP contribution in [0.2, 0.25) is 0 Å². The number of hydrogen-bond donors (Lipinski definition) is 2. The topological polar surface area (TPSA) is 70.2 Å². The maximum atomic E-state index is 11.3. The molecule has 76 valence electrons. The van der Waals surface area contributed by atoms with Gasteiger partial charge in [0.05, 0.1) is 5.56 Å². The molecule has 0 saturated heterocycles. The van der Waals surface area contributed by atoms with E-state index in [2.05, 4.69) is 4.98 Å². The highest BCUT2D eigenvalue weighted by molar-refractivity contribution is 6.42. The number of benzene rings is 1. The molecule has 1 aromatic heterocycles. The minimum absolute atomic E-state index is 0.206. The number of aryl methyl sites for hydroxylation is 1. The van der Waals surface area contributed by atoms with Crippen molar-refractivity contribution >= 4 is 22.7 Å². The van der Waals surface area contributed by atoms with Gasteiger partial charge in [-0.2, -0.15) is 0 Å². The molecular formula is C11H9NO3. The zero-order valence-electron chi connectivity index (χ0n) is 8.07. The van der Waals surface area contributed by atoms with Crippen molar-refractivity contribution in [3.8, 4) is 0 Å². The van der Waals surface area contributed by atoms with E-state index >= 15 is 0 Å². The zero-order valence-corrected chi connectivity index (χ0v) is 8.07. The minimum atomic E-state index is -1.43. The number of hydrogen-bond acceptors (Lipinski definition) is 2. The van der Waals surface area contributed by atoms with E-state index in [0.29, 0.717) is 5.39 Å². The highest BCUT2D eigenvalue weighted by atomic mass is 16.4. The van der Waals surface area contributed by atoms with Crippen molar-refractivity contribution in [2.24, 2.45) is 0 Å². The van der Waals surface area contributed by atoms with Gasteiger partial charge >= 0.3 is 5.97 Å². The lowest BCUT2D eigenvalue weighted by Crippen LogP contribution is -2.11. The minimum Gasteiger partial charge on any atom is -0.475 e. The quantitative estimate of drug-likeness (QED) is 0.577. The van der Waals surface area contributed by atoms with Crippen molar-refractivity contribution in [3.63, 3.8) is 0 Å². The first-order valence-corrected chi connectivity index (χ1v) is 4.45. The van der Waals surface area contributed by atoms with Gasteiger partial charge in [0.1, 0.15) is 0 Å². The second kappa shape index (κ2) is 3.24. The molecule has 2 rings (SSSR count). The van der Waals surface area contributed by atoms with Gasteiger partial charge in [0.25, 0.3) is 5.78 Å². The number of carboxylic acid groups (broad SMARTS) is 1. The fraction of sp³-hybridized carbons (Fsp3) is 0.0909. The number of carbonyl (C=O) groups excluding carboxylic acids is 1. The van der Waals surface area contributed by atoms with Crippen LogP contribution in [-0.2, 0) is 4.79 Å². The van der Waals surface area contributed by atoms with Crippen molar-refractivity contribution in [1.29, 1.82) is 0 Å². The molecule has 0 spiro atoms. The molecule has 0 aliphatic rings. The first-order chi connectivity index (χ1) is 7.09. The molecule has 1 heterocycles. The molecule has 0 radical (unpaired) electrons. The van der Waals surface area contributed by atoms with E-state index in [9.17, 15) is 9.59 Å². The highest BCUT2D eigenvalue weighted by Crippen LogP contribution is 2.19. The standard InChI is InChI=1S/C11H9NO3/c1-6-2-3-7-8(10(13)11(14)15)5-12-9(7)4-6/h2-5,12H,1H3,(H,14,15). The van der Waals surface area contributed by atoms with Crippen LogP contribution in [0.1, 0.15) is 15.9 Å². The number of ketones is 1. The normalized spacial score (nSPS) is 10.5. The molecule has 2 aromatic rings. The van der Waals surface area contributed by atoms with Gasteiger partial charge in [-0.1, -0.05) is 12.1 Å². The summed E-state index contributed by atoms with van der Waals surface area (Å²) in [5.74, 6) is -2.32. The number of aromatic amines is 1. The first kappa shape index (κ1) is 9.45. The summed E-state index contributed by atoms with van der Waals surface area (Å²) in [6.07, 6.45) is 1.43. The molecule has 0 unspecified atom stereocenters. The monoisotopic (exact) mass is 203 g/mol. The fourth-order valence-electron chi connectivity index (χ4n) is 1.54. The van der Waals surface area contributed by atoms with Crippen LogP contribution in [0.25, 0.3) is 10.9 Å². The van der Waals surface area contributed by atoms with Gasteiger partial charge < -0.3 is 10.1 Å². The second-order valence-electron chi connectivity index (χ2n) is 3.39. The Morgan fingerprint density at radius 3 is 2.73 bits per heavy atom. The number of carboxylic acids is 1. The molecule has 0 saturated carbocycles. The van der Waals surface area contributed by atoms with Gasteiger partial charge in [0.2, 0.25) is 0 Å². The fourth-order valence-corrected chi connectivity index (χ4v) is 1.54. The number of Topliss-reactive ketones (excluding diaryl/α,β-unsaturated/α-hetero) is 1. The predicted octanol–water partition coefficient (Wildman–Crippen LogP) is 1.74. The maximum Gasteiger partial charge on any atom is 0.377 e. The van der Waals surface area contributed by atoms with Gasteiger partial charge in [-0.25, -0.2) is 4.79 Å². The molecule has 0 atom stereocenters. The van der Waals surface area contributed by atoms with E-state index in [1.54, 1.807) is 6.07 Å². The van der Waals surface area contributed by atoms with E-state index in [-0.39, 0.29) is 5.56 Å². The van der Waals surface area contributed by atoms with Crippen molar-refractivity contribution < 1.29 is 14.7 Å². The van der Waals surface area contributed by atoms with Gasteiger partial charge in [0.15, 0.2) is 0 Å². The number of aliphatic carboxylic acids is 1. The third kappa shape index (κ3) is 1.50. The highest BCUT2D eigenvalue weighted by Gasteiger charge is 2.18. The molecule has 0 amide bonds. The lowest BCUT2D eigenvalue weighted by molar-refractivity contribution is -0.131. The van der Waals surface area contributed by atoms with Crippen molar-refractivity contribution in [1.82, 2.24) is 4.98 Å². The maximum absolute atomic E-state index is 11.3. The Balaban J connectivity index is 2.64. The third-order valence-corrected chi connectivity index (χ3v) is 2.28. The summed E-state index contributed by atoms with van der Waals surface area (Å²) in [7, 11) is 0. The number of H-pyrrole nitrogens is 1. The van der Waals surface area contributed by atoms with Crippen LogP contribution >= 0.6 is 0 Å². The summed E-state index contributed by atoms with van der Waals surface area (Å²) < 4.78 is 0. The Morgan fingerprint density at radius 1 is 1.33 bits per heavy atom. The number of nitrogens with one attached hydrogen (secondary N) is 1. The van der Waals surface area contributed by atoms with Crippen LogP contribution in [0.5, 0.6) is 0 Å². The SMILES string of the molecule is Cc1ccc2c(C(=O)C(=O)O)c[nH]c2c1. The largest absolute Gasteiger partial charge is 0.475 e. The van der Waals surface area contributed by atoms with Crippen LogP contribution in [-0.4, -0.2) is 21.8 Å². The Hall–Kier alpha value is -2.10. The molecule has 0 bridgehead atoms. The summed E-state index contributed by atoms with van der Waals surface area (Å²) in [6, 6.07) is 5.46. The summed E-state index contributed by atoms with van der Waals surface area (Å²) in [6.45, 7) is 1.93. The second-order valence-corrected chi connectivity index (χ2v) is 3.39. The van der Waals surface area contributed by atoms with Gasteiger partial charge in [-0.3, -0.25) is 4.79 Å². The van der Waals surface area contributed by atoms with Crippen LogP contribution in [0.15, 0.2) is 24.4 Å². The summed E-state index contributed by atoms with van der Waals surface area (Å²) in [5, 5.41) is 9.25. The van der Waals surface area contributed by atoms with Crippen LogP contribution < -0.4 is 0 Å². The van der Waals surface area contributed by atoms with Crippen molar-refractivity contribution in [2.75, 3.05) is 0 Å². The number of aromatic nitrogens is 1. The Morgan fingerprint density at radius 2 is 2.07 bits per heavy atom. The lowest BCUT2D eigenvalue weighted by Gasteiger charge is -1.95. The van der Waals surface area contributed by atoms with Crippen molar-refractivity contribution in [2.45, 2.75) is 6.92 Å². The van der Waals surface area contributed by atoms with E-state index in [1.807, 2.05) is 19.1 Å². The number of rotatable bonds is 2. The van der Waals surface area contributed by atoms with Crippen molar-refractivity contribution in [3.05, 3.63) is 35.5 Å². The molecule has 4 nitrogen and oxygen atoms in total. The average Bonchev–Trinajstić information content (AvgIpc) is 2.59. The van der Waals surface area contributed by atoms with E-state index in [4.69, 9.17) is 5.11 Å². The Bertz CT molecular complexity index is 554. The molecule has 2 N–H and O–H groups in total. The smallest absolute Gasteiger partial charge is 0.377 e. The molecule has 1 aromatic carbocycles. The molecule has 0 aliphatic heterocycles. The van der Waals surface area contributed by atoms with E-state index < -0.39 is 11.8 Å². The Kier molecular flexibility index (Phi) is 2.04. The molecule has 15 heavy (non-hydrogen) atoms. The van der Waals surface area contributed by atoms with Crippen LogP contribution in [0.3, 0.4) is 0 Å². The summed E-state index contributed by atoms with van der Waals surface area (Å²) in [4.78, 5) is 24.7. The third-order valence-electron chi connectivity index (χ3n) is 2.28. The van der Waals surface area contributed by atoms with E-state index in [1.165, 1.54) is 6.20 Å². The van der Waals surface area contributed by atoms with Crippen LogP contribution in [0, 0.1) is 6.92 Å². The average molecular weight is 203 g/mol. The Labute approximate surface area is 85.5 Å². The van der Waals surface area contributed by atoms with Gasteiger partial charge in [-0.05, 0) is 18.6 Å². The molecule has 4 heteroatoms. The predicted molar refractivity (Wildman–Crippen MR) is 55.0 cm³/mol.